The van der Waals surface area contributed by atoms with E-state index >= 15 is 0 Å². The first kappa shape index (κ1) is 14.5. The average molecular weight is 292 g/mol. The quantitative estimate of drug-likeness (QED) is 0.701. The lowest BCUT2D eigenvalue weighted by atomic mass is 10.1. The van der Waals surface area contributed by atoms with E-state index in [2.05, 4.69) is 30.6 Å². The van der Waals surface area contributed by atoms with Crippen LogP contribution in [0.2, 0.25) is 0 Å². The summed E-state index contributed by atoms with van der Waals surface area (Å²) in [5, 5.41) is 13.3. The van der Waals surface area contributed by atoms with Crippen LogP contribution in [0.15, 0.2) is 0 Å². The number of aromatic nitrogens is 2. The van der Waals surface area contributed by atoms with Gasteiger partial charge in [-0.25, -0.2) is 0 Å². The summed E-state index contributed by atoms with van der Waals surface area (Å²) in [5.41, 5.74) is 2.56. The zero-order valence-corrected chi connectivity index (χ0v) is 12.8. The molecule has 7 heteroatoms. The maximum absolute atomic E-state index is 12.1. The Morgan fingerprint density at radius 3 is 2.67 bits per heavy atom. The van der Waals surface area contributed by atoms with Gasteiger partial charge in [0.1, 0.15) is 0 Å². The van der Waals surface area contributed by atoms with Gasteiger partial charge >= 0.3 is 0 Å². The van der Waals surface area contributed by atoms with E-state index in [4.69, 9.17) is 0 Å². The summed E-state index contributed by atoms with van der Waals surface area (Å²) < 4.78 is 0. The lowest BCUT2D eigenvalue weighted by Gasteiger charge is -2.46. The molecule has 0 aliphatic carbocycles. The molecule has 1 aromatic heterocycles. The third-order valence-corrected chi connectivity index (χ3v) is 4.37. The number of rotatable bonds is 4. The summed E-state index contributed by atoms with van der Waals surface area (Å²) in [5.74, 6) is 0.0429. The molecule has 2 saturated heterocycles. The summed E-state index contributed by atoms with van der Waals surface area (Å²) in [7, 11) is 0. The highest BCUT2D eigenvalue weighted by molar-refractivity contribution is 5.93. The third-order valence-electron chi connectivity index (χ3n) is 4.37. The number of carbonyl (C=O) groups is 1. The van der Waals surface area contributed by atoms with Crippen molar-refractivity contribution in [2.24, 2.45) is 0 Å². The van der Waals surface area contributed by atoms with Gasteiger partial charge in [0.05, 0.1) is 23.6 Å². The largest absolute Gasteiger partial charge is 0.322 e. The fourth-order valence-corrected chi connectivity index (χ4v) is 3.07. The highest BCUT2D eigenvalue weighted by Crippen LogP contribution is 2.18. The van der Waals surface area contributed by atoms with Crippen LogP contribution >= 0.6 is 0 Å². The predicted molar refractivity (Wildman–Crippen MR) is 81.4 cm³/mol. The summed E-state index contributed by atoms with van der Waals surface area (Å²) in [6, 6.07) is 0.622. The SMILES string of the molecule is Cc1n[nH]c(C)c1NC(=O)CN1CC(N2CCNCC2)C1. The smallest absolute Gasteiger partial charge is 0.238 e. The molecule has 7 nitrogen and oxygen atoms in total. The minimum Gasteiger partial charge on any atom is -0.322 e. The highest BCUT2D eigenvalue weighted by Gasteiger charge is 2.33. The van der Waals surface area contributed by atoms with Gasteiger partial charge in [-0.15, -0.1) is 0 Å². The monoisotopic (exact) mass is 292 g/mol. The lowest BCUT2D eigenvalue weighted by Crippen LogP contribution is -2.63. The number of likely N-dealkylation sites (tertiary alicyclic amines) is 1. The lowest BCUT2D eigenvalue weighted by molar-refractivity contribution is -0.119. The topological polar surface area (TPSA) is 76.3 Å². The molecule has 3 rings (SSSR count). The molecule has 3 N–H and O–H groups in total. The molecule has 0 unspecified atom stereocenters. The number of amides is 1. The Morgan fingerprint density at radius 2 is 2.05 bits per heavy atom. The van der Waals surface area contributed by atoms with Gasteiger partial charge in [0.2, 0.25) is 5.91 Å². The summed E-state index contributed by atoms with van der Waals surface area (Å²) in [6.07, 6.45) is 0. The van der Waals surface area contributed by atoms with E-state index in [1.165, 1.54) is 0 Å². The first-order valence-electron chi connectivity index (χ1n) is 7.62. The number of nitrogens with zero attached hydrogens (tertiary/aromatic N) is 3. The molecule has 116 valence electrons. The van der Waals surface area contributed by atoms with Crippen molar-refractivity contribution in [3.8, 4) is 0 Å². The Hall–Kier alpha value is -1.44. The zero-order chi connectivity index (χ0) is 14.8. The summed E-state index contributed by atoms with van der Waals surface area (Å²) in [6.45, 7) is 10.7. The van der Waals surface area contributed by atoms with E-state index in [-0.39, 0.29) is 5.91 Å². The minimum absolute atomic E-state index is 0.0429. The molecular weight excluding hydrogens is 268 g/mol. The number of carbonyl (C=O) groups excluding carboxylic acids is 1. The van der Waals surface area contributed by atoms with Crippen molar-refractivity contribution in [1.29, 1.82) is 0 Å². The van der Waals surface area contributed by atoms with Crippen LogP contribution in [0.25, 0.3) is 0 Å². The Kier molecular flexibility index (Phi) is 4.23. The van der Waals surface area contributed by atoms with Crippen LogP contribution in [-0.2, 0) is 4.79 Å². The average Bonchev–Trinajstić information content (AvgIpc) is 2.75. The van der Waals surface area contributed by atoms with Crippen molar-refractivity contribution in [2.75, 3.05) is 51.1 Å². The minimum atomic E-state index is 0.0429. The number of piperazine rings is 1. The molecular formula is C14H24N6O. The standard InChI is InChI=1S/C14H24N6O/c1-10-14(11(2)18-17-10)16-13(21)9-19-7-12(8-19)20-5-3-15-4-6-20/h12,15H,3-9H2,1-2H3,(H,16,21)(H,17,18). The molecule has 0 aromatic carbocycles. The molecule has 0 atom stereocenters. The molecule has 21 heavy (non-hydrogen) atoms. The number of H-pyrrole nitrogens is 1. The van der Waals surface area contributed by atoms with Gasteiger partial charge in [0, 0.05) is 45.3 Å². The first-order chi connectivity index (χ1) is 10.1. The van der Waals surface area contributed by atoms with Crippen LogP contribution in [0.5, 0.6) is 0 Å². The van der Waals surface area contributed by atoms with Crippen LogP contribution in [-0.4, -0.2) is 77.8 Å². The summed E-state index contributed by atoms with van der Waals surface area (Å²) in [4.78, 5) is 16.8. The number of hydrogen-bond acceptors (Lipinski definition) is 5. The fourth-order valence-electron chi connectivity index (χ4n) is 3.07. The molecule has 0 bridgehead atoms. The Bertz CT molecular complexity index is 482. The van der Waals surface area contributed by atoms with Gasteiger partial charge in [-0.3, -0.25) is 19.7 Å². The van der Waals surface area contributed by atoms with E-state index in [0.29, 0.717) is 12.6 Å². The number of anilines is 1. The van der Waals surface area contributed by atoms with Gasteiger partial charge in [-0.05, 0) is 13.8 Å². The number of nitrogens with one attached hydrogen (secondary N) is 3. The molecule has 2 aliphatic rings. The van der Waals surface area contributed by atoms with Gasteiger partial charge < -0.3 is 10.6 Å². The van der Waals surface area contributed by atoms with Crippen LogP contribution in [0.3, 0.4) is 0 Å². The third kappa shape index (κ3) is 3.25. The molecule has 1 aromatic rings. The van der Waals surface area contributed by atoms with Gasteiger partial charge in [-0.1, -0.05) is 0 Å². The van der Waals surface area contributed by atoms with Crippen LogP contribution in [0.4, 0.5) is 5.69 Å². The Labute approximate surface area is 125 Å². The van der Waals surface area contributed by atoms with Crippen molar-refractivity contribution in [1.82, 2.24) is 25.3 Å². The van der Waals surface area contributed by atoms with Gasteiger partial charge in [-0.2, -0.15) is 5.10 Å². The summed E-state index contributed by atoms with van der Waals surface area (Å²) >= 11 is 0. The van der Waals surface area contributed by atoms with Crippen LogP contribution in [0.1, 0.15) is 11.4 Å². The molecule has 1 amide bonds. The van der Waals surface area contributed by atoms with Gasteiger partial charge in [0.25, 0.3) is 0 Å². The normalized spacial score (nSPS) is 21.2. The van der Waals surface area contributed by atoms with Gasteiger partial charge in [0.15, 0.2) is 0 Å². The Morgan fingerprint density at radius 1 is 1.33 bits per heavy atom. The van der Waals surface area contributed by atoms with Crippen molar-refractivity contribution < 1.29 is 4.79 Å². The number of hydrogen-bond donors (Lipinski definition) is 3. The second-order valence-corrected chi connectivity index (χ2v) is 5.99. The maximum Gasteiger partial charge on any atom is 0.238 e. The second kappa shape index (κ2) is 6.13. The molecule has 0 radical (unpaired) electrons. The molecule has 2 aliphatic heterocycles. The molecule has 3 heterocycles. The van der Waals surface area contributed by atoms with E-state index in [1.807, 2.05) is 13.8 Å². The number of aromatic amines is 1. The van der Waals surface area contributed by atoms with Crippen molar-refractivity contribution in [3.05, 3.63) is 11.4 Å². The van der Waals surface area contributed by atoms with Crippen molar-refractivity contribution in [3.63, 3.8) is 0 Å². The van der Waals surface area contributed by atoms with Crippen LogP contribution < -0.4 is 10.6 Å². The predicted octanol–water partition coefficient (Wildman–Crippen LogP) is -0.446. The zero-order valence-electron chi connectivity index (χ0n) is 12.8. The second-order valence-electron chi connectivity index (χ2n) is 5.99. The first-order valence-corrected chi connectivity index (χ1v) is 7.62. The van der Waals surface area contributed by atoms with Crippen molar-refractivity contribution >= 4 is 11.6 Å². The number of aryl methyl sites for hydroxylation is 2. The maximum atomic E-state index is 12.1. The molecule has 0 saturated carbocycles. The van der Waals surface area contributed by atoms with E-state index in [0.717, 1.165) is 56.3 Å². The van der Waals surface area contributed by atoms with E-state index in [1.54, 1.807) is 0 Å². The van der Waals surface area contributed by atoms with Crippen LogP contribution in [0, 0.1) is 13.8 Å². The highest BCUT2D eigenvalue weighted by atomic mass is 16.2. The van der Waals surface area contributed by atoms with E-state index in [9.17, 15) is 4.79 Å². The van der Waals surface area contributed by atoms with E-state index < -0.39 is 0 Å². The molecule has 2 fully saturated rings. The van der Waals surface area contributed by atoms with Crippen molar-refractivity contribution in [2.45, 2.75) is 19.9 Å². The Balaban J connectivity index is 1.43. The fraction of sp³-hybridized carbons (Fsp3) is 0.714. The molecule has 0 spiro atoms.